The van der Waals surface area contributed by atoms with Crippen LogP contribution in [0.15, 0.2) is 48.5 Å². The van der Waals surface area contributed by atoms with E-state index in [9.17, 15) is 15.0 Å². The van der Waals surface area contributed by atoms with E-state index in [4.69, 9.17) is 11.6 Å². The number of nitrogens with one attached hydrogen (secondary N) is 1. The number of carboxylic acid groups (broad SMARTS) is 1. The number of aliphatic hydroxyl groups is 1. The molecule has 0 aliphatic heterocycles. The zero-order valence-corrected chi connectivity index (χ0v) is 17.5. The second-order valence-corrected chi connectivity index (χ2v) is 8.16. The summed E-state index contributed by atoms with van der Waals surface area (Å²) in [4.78, 5) is 11.9. The molecule has 1 fully saturated rings. The Balaban J connectivity index is 1.71. The van der Waals surface area contributed by atoms with Gasteiger partial charge in [-0.3, -0.25) is 4.79 Å². The third-order valence-electron chi connectivity index (χ3n) is 5.75. The van der Waals surface area contributed by atoms with Gasteiger partial charge in [-0.25, -0.2) is 5.43 Å². The molecule has 3 N–H and O–H groups in total. The molecule has 29 heavy (non-hydrogen) atoms. The van der Waals surface area contributed by atoms with Gasteiger partial charge in [-0.1, -0.05) is 55.6 Å². The van der Waals surface area contributed by atoms with Crippen LogP contribution in [0.25, 0.3) is 0 Å². The van der Waals surface area contributed by atoms with Gasteiger partial charge in [0.25, 0.3) is 0 Å². The first-order valence-corrected chi connectivity index (χ1v) is 10.6. The van der Waals surface area contributed by atoms with Crippen LogP contribution in [0.4, 0.5) is 5.69 Å². The number of aliphatic carboxylic acids is 1. The lowest BCUT2D eigenvalue weighted by Gasteiger charge is -2.28. The van der Waals surface area contributed by atoms with E-state index in [2.05, 4.69) is 12.3 Å². The Morgan fingerprint density at radius 3 is 2.48 bits per heavy atom. The summed E-state index contributed by atoms with van der Waals surface area (Å²) in [6.07, 6.45) is 3.56. The Morgan fingerprint density at radius 1 is 1.21 bits per heavy atom. The minimum Gasteiger partial charge on any atom is -0.481 e. The number of hydrazine groups is 1. The zero-order valence-electron chi connectivity index (χ0n) is 16.8. The molecular formula is C23H29ClN2O3. The van der Waals surface area contributed by atoms with Gasteiger partial charge in [-0.05, 0) is 54.7 Å². The summed E-state index contributed by atoms with van der Waals surface area (Å²) >= 11 is 6.02. The third kappa shape index (κ3) is 4.92. The fraction of sp³-hybridized carbons (Fsp3) is 0.435. The number of halogens is 1. The van der Waals surface area contributed by atoms with Crippen LogP contribution in [0.5, 0.6) is 0 Å². The molecule has 2 aromatic rings. The smallest absolute Gasteiger partial charge is 0.314 e. The minimum absolute atomic E-state index is 0.348. The molecule has 1 atom stereocenters. The van der Waals surface area contributed by atoms with Crippen molar-refractivity contribution in [3.8, 4) is 0 Å². The van der Waals surface area contributed by atoms with Crippen LogP contribution in [0.1, 0.15) is 56.3 Å². The van der Waals surface area contributed by atoms with Gasteiger partial charge in [-0.2, -0.15) is 0 Å². The Hall–Kier alpha value is -2.08. The number of carboxylic acids is 1. The summed E-state index contributed by atoms with van der Waals surface area (Å²) in [5.41, 5.74) is 5.15. The molecule has 0 spiro atoms. The van der Waals surface area contributed by atoms with Gasteiger partial charge in [0.05, 0.1) is 17.2 Å². The maximum absolute atomic E-state index is 11.9. The highest BCUT2D eigenvalue weighted by atomic mass is 35.5. The minimum atomic E-state index is -0.746. The van der Waals surface area contributed by atoms with E-state index < -0.39 is 17.5 Å². The summed E-state index contributed by atoms with van der Waals surface area (Å²) in [5, 5.41) is 22.9. The zero-order chi connectivity index (χ0) is 20.9. The van der Waals surface area contributed by atoms with E-state index in [0.717, 1.165) is 42.6 Å². The summed E-state index contributed by atoms with van der Waals surface area (Å²) in [5.74, 6) is -0.726. The van der Waals surface area contributed by atoms with Gasteiger partial charge >= 0.3 is 5.97 Å². The van der Waals surface area contributed by atoms with Crippen molar-refractivity contribution >= 4 is 23.3 Å². The second kappa shape index (κ2) is 9.61. The number of hydrogen-bond donors (Lipinski definition) is 3. The topological polar surface area (TPSA) is 72.8 Å². The Kier molecular flexibility index (Phi) is 7.17. The van der Waals surface area contributed by atoms with Gasteiger partial charge in [0, 0.05) is 18.1 Å². The maximum atomic E-state index is 11.9. The third-order valence-corrected chi connectivity index (χ3v) is 5.99. The van der Waals surface area contributed by atoms with Crippen molar-refractivity contribution in [3.63, 3.8) is 0 Å². The Morgan fingerprint density at radius 2 is 1.90 bits per heavy atom. The summed E-state index contributed by atoms with van der Waals surface area (Å²) in [7, 11) is 0. The highest BCUT2D eigenvalue weighted by Gasteiger charge is 2.42. The predicted octanol–water partition coefficient (Wildman–Crippen LogP) is 4.69. The highest BCUT2D eigenvalue weighted by Crippen LogP contribution is 2.41. The lowest BCUT2D eigenvalue weighted by molar-refractivity contribution is -0.143. The monoisotopic (exact) mass is 416 g/mol. The van der Waals surface area contributed by atoms with Crippen LogP contribution in [0, 0.1) is 0 Å². The van der Waals surface area contributed by atoms with Crippen LogP contribution in [-0.4, -0.2) is 29.3 Å². The number of aliphatic hydroxyl groups excluding tert-OH is 1. The van der Waals surface area contributed by atoms with Crippen molar-refractivity contribution in [2.24, 2.45) is 0 Å². The van der Waals surface area contributed by atoms with Crippen LogP contribution in [0.3, 0.4) is 0 Å². The molecule has 1 aliphatic rings. The molecule has 5 nitrogen and oxygen atoms in total. The van der Waals surface area contributed by atoms with E-state index >= 15 is 0 Å². The Labute approximate surface area is 177 Å². The van der Waals surface area contributed by atoms with E-state index in [0.29, 0.717) is 24.4 Å². The fourth-order valence-corrected chi connectivity index (χ4v) is 4.32. The summed E-state index contributed by atoms with van der Waals surface area (Å²) < 4.78 is 0. The molecule has 2 aromatic carbocycles. The number of benzene rings is 2. The largest absolute Gasteiger partial charge is 0.481 e. The van der Waals surface area contributed by atoms with Crippen molar-refractivity contribution in [2.75, 3.05) is 18.1 Å². The molecule has 1 saturated carbocycles. The summed E-state index contributed by atoms with van der Waals surface area (Å²) in [6, 6.07) is 15.0. The van der Waals surface area contributed by atoms with Crippen LogP contribution in [0.2, 0.25) is 5.02 Å². The van der Waals surface area contributed by atoms with Gasteiger partial charge in [0.1, 0.15) is 0 Å². The quantitative estimate of drug-likeness (QED) is 0.517. The average Bonchev–Trinajstić information content (AvgIpc) is 3.22. The van der Waals surface area contributed by atoms with Crippen LogP contribution < -0.4 is 10.4 Å². The predicted molar refractivity (Wildman–Crippen MR) is 116 cm³/mol. The van der Waals surface area contributed by atoms with Crippen LogP contribution in [-0.2, 0) is 10.2 Å². The average molecular weight is 417 g/mol. The first kappa shape index (κ1) is 21.6. The molecule has 1 aliphatic carbocycles. The number of rotatable bonds is 9. The molecule has 0 bridgehead atoms. The van der Waals surface area contributed by atoms with Gasteiger partial charge in [0.15, 0.2) is 0 Å². The lowest BCUT2D eigenvalue weighted by atomic mass is 9.79. The lowest BCUT2D eigenvalue weighted by Crippen LogP contribution is -2.41. The van der Waals surface area contributed by atoms with Crippen LogP contribution >= 0.6 is 11.6 Å². The van der Waals surface area contributed by atoms with Crippen molar-refractivity contribution in [2.45, 2.75) is 50.5 Å². The number of carbonyl (C=O) groups is 1. The SMILES string of the molecule is CCCN(NC[C@H](O)c1cccc(Cl)c1)c1ccc(C2(C(=O)O)CCCC2)cc1. The highest BCUT2D eigenvalue weighted by molar-refractivity contribution is 6.30. The first-order chi connectivity index (χ1) is 14.0. The second-order valence-electron chi connectivity index (χ2n) is 7.73. The molecule has 6 heteroatoms. The van der Waals surface area contributed by atoms with E-state index in [1.54, 1.807) is 12.1 Å². The Bertz CT molecular complexity index is 819. The molecule has 0 saturated heterocycles. The normalized spacial score (nSPS) is 16.5. The van der Waals surface area contributed by atoms with Gasteiger partial charge in [0.2, 0.25) is 0 Å². The van der Waals surface area contributed by atoms with Gasteiger partial charge < -0.3 is 15.2 Å². The maximum Gasteiger partial charge on any atom is 0.314 e. The van der Waals surface area contributed by atoms with E-state index in [1.165, 1.54) is 0 Å². The standard InChI is InChI=1S/C23H29ClN2O3/c1-2-14-26(25-16-21(27)17-6-5-7-19(24)15-17)20-10-8-18(9-11-20)23(22(28)29)12-3-4-13-23/h5-11,15,21,25,27H,2-4,12-14,16H2,1H3,(H,28,29)/t21-/m0/s1. The van der Waals surface area contributed by atoms with E-state index in [-0.39, 0.29) is 0 Å². The van der Waals surface area contributed by atoms with Crippen molar-refractivity contribution in [3.05, 3.63) is 64.7 Å². The fourth-order valence-electron chi connectivity index (χ4n) is 4.12. The molecule has 0 aromatic heterocycles. The number of nitrogens with zero attached hydrogens (tertiary/aromatic N) is 1. The van der Waals surface area contributed by atoms with Crippen molar-refractivity contribution in [1.82, 2.24) is 5.43 Å². The van der Waals surface area contributed by atoms with Gasteiger partial charge in [-0.15, -0.1) is 0 Å². The number of hydrogen-bond acceptors (Lipinski definition) is 4. The molecule has 0 heterocycles. The summed E-state index contributed by atoms with van der Waals surface area (Å²) in [6.45, 7) is 3.21. The molecule has 156 valence electrons. The number of anilines is 1. The van der Waals surface area contributed by atoms with Crippen molar-refractivity contribution in [1.29, 1.82) is 0 Å². The van der Waals surface area contributed by atoms with Crippen molar-refractivity contribution < 1.29 is 15.0 Å². The first-order valence-electron chi connectivity index (χ1n) is 10.2. The molecule has 3 rings (SSSR count). The molecule has 0 unspecified atom stereocenters. The molecule has 0 amide bonds. The molecular weight excluding hydrogens is 388 g/mol. The van der Waals surface area contributed by atoms with E-state index in [1.807, 2.05) is 41.4 Å². The molecule has 0 radical (unpaired) electrons.